The van der Waals surface area contributed by atoms with Gasteiger partial charge < -0.3 is 10.2 Å². The first-order chi connectivity index (χ1) is 10.6. The molecule has 0 radical (unpaired) electrons. The van der Waals surface area contributed by atoms with Gasteiger partial charge in [-0.05, 0) is 46.9 Å². The maximum absolute atomic E-state index is 12.4. The maximum atomic E-state index is 12.4. The van der Waals surface area contributed by atoms with Gasteiger partial charge in [0.1, 0.15) is 0 Å². The minimum Gasteiger partial charge on any atom is -0.325 e. The van der Waals surface area contributed by atoms with Crippen molar-refractivity contribution in [2.24, 2.45) is 5.92 Å². The van der Waals surface area contributed by atoms with E-state index in [2.05, 4.69) is 27.9 Å². The molecule has 1 aliphatic heterocycles. The second-order valence-corrected chi connectivity index (χ2v) is 6.37. The van der Waals surface area contributed by atoms with Crippen LogP contribution in [0.5, 0.6) is 0 Å². The van der Waals surface area contributed by atoms with Crippen molar-refractivity contribution in [2.45, 2.75) is 6.42 Å². The van der Waals surface area contributed by atoms with Gasteiger partial charge in [0.05, 0.1) is 11.6 Å². The Hall–Kier alpha value is -1.89. The number of carbonyl (C=O) groups excluding carboxylic acids is 2. The Bertz CT molecular complexity index is 703. The molecule has 0 bridgehead atoms. The summed E-state index contributed by atoms with van der Waals surface area (Å²) in [5.74, 6) is -0.422. The third-order valence-corrected chi connectivity index (χ3v) is 4.64. The molecule has 5 heteroatoms. The van der Waals surface area contributed by atoms with Crippen LogP contribution in [0.15, 0.2) is 54.6 Å². The Balaban J connectivity index is 1.71. The van der Waals surface area contributed by atoms with Gasteiger partial charge in [-0.15, -0.1) is 0 Å². The van der Waals surface area contributed by atoms with E-state index in [0.29, 0.717) is 6.54 Å². The lowest BCUT2D eigenvalue weighted by atomic mass is 10.1. The first-order valence-electron chi connectivity index (χ1n) is 7.06. The minimum atomic E-state index is -0.316. The predicted octanol–water partition coefficient (Wildman–Crippen LogP) is 3.28. The van der Waals surface area contributed by atoms with Crippen LogP contribution >= 0.6 is 22.6 Å². The van der Waals surface area contributed by atoms with Crippen LogP contribution in [-0.2, 0) is 9.59 Å². The average Bonchev–Trinajstić information content (AvgIpc) is 2.92. The molecule has 4 nitrogen and oxygen atoms in total. The molecule has 112 valence electrons. The highest BCUT2D eigenvalue weighted by Gasteiger charge is 2.35. The number of benzene rings is 2. The average molecular weight is 406 g/mol. The number of rotatable bonds is 3. The molecule has 22 heavy (non-hydrogen) atoms. The number of nitrogens with one attached hydrogen (secondary N) is 1. The van der Waals surface area contributed by atoms with E-state index in [1.54, 1.807) is 4.90 Å². The molecule has 1 aliphatic rings. The third kappa shape index (κ3) is 3.14. The number of nitrogens with zero attached hydrogens (tertiary/aromatic N) is 1. The Labute approximate surface area is 142 Å². The summed E-state index contributed by atoms with van der Waals surface area (Å²) in [5.41, 5.74) is 1.64. The molecule has 1 atom stereocenters. The van der Waals surface area contributed by atoms with E-state index < -0.39 is 0 Å². The molecule has 1 N–H and O–H groups in total. The standard InChI is InChI=1S/C17H15IN2O2/c18-14-8-4-5-9-15(14)19-17(22)12-10-16(21)20(11-12)13-6-2-1-3-7-13/h1-9,12H,10-11H2,(H,19,22)/t12-/m1/s1. The fraction of sp³-hybridized carbons (Fsp3) is 0.176. The van der Waals surface area contributed by atoms with Crippen molar-refractivity contribution in [3.05, 3.63) is 58.2 Å². The van der Waals surface area contributed by atoms with Crippen LogP contribution in [-0.4, -0.2) is 18.4 Å². The summed E-state index contributed by atoms with van der Waals surface area (Å²) < 4.78 is 0.984. The molecule has 0 saturated carbocycles. The van der Waals surface area contributed by atoms with Crippen molar-refractivity contribution < 1.29 is 9.59 Å². The second-order valence-electron chi connectivity index (χ2n) is 5.21. The normalized spacial score (nSPS) is 17.6. The van der Waals surface area contributed by atoms with Crippen LogP contribution in [0.4, 0.5) is 11.4 Å². The number of hydrogen-bond acceptors (Lipinski definition) is 2. The summed E-state index contributed by atoms with van der Waals surface area (Å²) in [6, 6.07) is 17.1. The number of hydrogen-bond donors (Lipinski definition) is 1. The SMILES string of the molecule is O=C(Nc1ccccc1I)[C@@H]1CC(=O)N(c2ccccc2)C1. The largest absolute Gasteiger partial charge is 0.325 e. The number of carbonyl (C=O) groups is 2. The lowest BCUT2D eigenvalue weighted by molar-refractivity contribution is -0.122. The van der Waals surface area contributed by atoms with Crippen LogP contribution in [0.2, 0.25) is 0 Å². The summed E-state index contributed by atoms with van der Waals surface area (Å²) in [7, 11) is 0. The molecule has 1 heterocycles. The lowest BCUT2D eigenvalue weighted by Gasteiger charge is -2.16. The highest BCUT2D eigenvalue weighted by Crippen LogP contribution is 2.26. The van der Waals surface area contributed by atoms with Gasteiger partial charge in [-0.2, -0.15) is 0 Å². The topological polar surface area (TPSA) is 49.4 Å². The summed E-state index contributed by atoms with van der Waals surface area (Å²) in [4.78, 5) is 26.2. The van der Waals surface area contributed by atoms with Gasteiger partial charge in [0.15, 0.2) is 0 Å². The van der Waals surface area contributed by atoms with Crippen molar-refractivity contribution in [1.29, 1.82) is 0 Å². The van der Waals surface area contributed by atoms with Gasteiger partial charge in [0.2, 0.25) is 11.8 Å². The van der Waals surface area contributed by atoms with E-state index in [0.717, 1.165) is 14.9 Å². The highest BCUT2D eigenvalue weighted by molar-refractivity contribution is 14.1. The fourth-order valence-corrected chi connectivity index (χ4v) is 3.06. The Morgan fingerprint density at radius 3 is 2.50 bits per heavy atom. The van der Waals surface area contributed by atoms with Gasteiger partial charge in [0.25, 0.3) is 0 Å². The molecule has 2 aromatic carbocycles. The fourth-order valence-electron chi connectivity index (χ4n) is 2.54. The zero-order valence-electron chi connectivity index (χ0n) is 11.8. The van der Waals surface area contributed by atoms with E-state index >= 15 is 0 Å². The Kier molecular flexibility index (Phi) is 4.42. The molecule has 0 spiro atoms. The Morgan fingerprint density at radius 2 is 1.77 bits per heavy atom. The molecule has 0 aliphatic carbocycles. The first-order valence-corrected chi connectivity index (χ1v) is 8.14. The van der Waals surface area contributed by atoms with E-state index in [1.165, 1.54) is 0 Å². The highest BCUT2D eigenvalue weighted by atomic mass is 127. The minimum absolute atomic E-state index is 0.00545. The van der Waals surface area contributed by atoms with Crippen molar-refractivity contribution in [3.63, 3.8) is 0 Å². The molecule has 3 rings (SSSR count). The number of halogens is 1. The van der Waals surface area contributed by atoms with Crippen LogP contribution in [0, 0.1) is 9.49 Å². The van der Waals surface area contributed by atoms with Gasteiger partial charge >= 0.3 is 0 Å². The van der Waals surface area contributed by atoms with Gasteiger partial charge in [0, 0.05) is 22.2 Å². The number of anilines is 2. The first kappa shape index (κ1) is 15.0. The van der Waals surface area contributed by atoms with Crippen molar-refractivity contribution in [1.82, 2.24) is 0 Å². The summed E-state index contributed by atoms with van der Waals surface area (Å²) in [6.07, 6.45) is 0.254. The summed E-state index contributed by atoms with van der Waals surface area (Å²) in [5, 5.41) is 2.92. The number of para-hydroxylation sites is 2. The van der Waals surface area contributed by atoms with Crippen LogP contribution in [0.1, 0.15) is 6.42 Å². The molecule has 2 aromatic rings. The monoisotopic (exact) mass is 406 g/mol. The zero-order valence-corrected chi connectivity index (χ0v) is 14.0. The lowest BCUT2D eigenvalue weighted by Crippen LogP contribution is -2.28. The van der Waals surface area contributed by atoms with Crippen molar-refractivity contribution >= 4 is 45.8 Å². The second kappa shape index (κ2) is 6.48. The summed E-state index contributed by atoms with van der Waals surface area (Å²) >= 11 is 2.18. The van der Waals surface area contributed by atoms with E-state index in [4.69, 9.17) is 0 Å². The summed E-state index contributed by atoms with van der Waals surface area (Å²) in [6.45, 7) is 0.429. The van der Waals surface area contributed by atoms with Crippen LogP contribution in [0.25, 0.3) is 0 Å². The van der Waals surface area contributed by atoms with Gasteiger partial charge in [-0.25, -0.2) is 0 Å². The molecule has 2 amide bonds. The zero-order chi connectivity index (χ0) is 15.5. The molecular formula is C17H15IN2O2. The maximum Gasteiger partial charge on any atom is 0.229 e. The molecule has 0 unspecified atom stereocenters. The smallest absolute Gasteiger partial charge is 0.229 e. The van der Waals surface area contributed by atoms with Crippen LogP contribution < -0.4 is 10.2 Å². The predicted molar refractivity (Wildman–Crippen MR) is 94.7 cm³/mol. The van der Waals surface area contributed by atoms with E-state index in [-0.39, 0.29) is 24.2 Å². The van der Waals surface area contributed by atoms with Crippen LogP contribution in [0.3, 0.4) is 0 Å². The number of amides is 2. The van der Waals surface area contributed by atoms with Crippen molar-refractivity contribution in [2.75, 3.05) is 16.8 Å². The molecule has 1 saturated heterocycles. The quantitative estimate of drug-likeness (QED) is 0.796. The van der Waals surface area contributed by atoms with E-state index in [9.17, 15) is 9.59 Å². The van der Waals surface area contributed by atoms with Gasteiger partial charge in [-0.1, -0.05) is 30.3 Å². The molecular weight excluding hydrogens is 391 g/mol. The molecule has 1 fully saturated rings. The third-order valence-electron chi connectivity index (χ3n) is 3.70. The molecule has 0 aromatic heterocycles. The van der Waals surface area contributed by atoms with Gasteiger partial charge in [-0.3, -0.25) is 9.59 Å². The van der Waals surface area contributed by atoms with E-state index in [1.807, 2.05) is 54.6 Å². The van der Waals surface area contributed by atoms with Crippen molar-refractivity contribution in [3.8, 4) is 0 Å². The Morgan fingerprint density at radius 1 is 1.09 bits per heavy atom.